The fourth-order valence-electron chi connectivity index (χ4n) is 3.22. The van der Waals surface area contributed by atoms with Gasteiger partial charge in [-0.15, -0.1) is 0 Å². The van der Waals surface area contributed by atoms with E-state index in [0.29, 0.717) is 13.2 Å². The molecule has 0 saturated heterocycles. The maximum absolute atomic E-state index is 5.77. The summed E-state index contributed by atoms with van der Waals surface area (Å²) in [4.78, 5) is 9.10. The number of nitrogens with one attached hydrogen (secondary N) is 2. The van der Waals surface area contributed by atoms with E-state index in [-0.39, 0.29) is 6.04 Å². The molecule has 2 aromatic heterocycles. The fraction of sp³-hybridized carbons (Fsp3) is 0.273. The first kappa shape index (κ1) is 18.1. The fourth-order valence-corrected chi connectivity index (χ4v) is 3.22. The highest BCUT2D eigenvalue weighted by atomic mass is 16.5. The molecule has 3 heterocycles. The molecule has 1 unspecified atom stereocenters. The molecule has 0 fully saturated rings. The Morgan fingerprint density at radius 2 is 2.04 bits per heavy atom. The molecule has 0 radical (unpaired) electrons. The van der Waals surface area contributed by atoms with Gasteiger partial charge in [0.15, 0.2) is 5.96 Å². The zero-order chi connectivity index (χ0) is 19.0. The predicted molar refractivity (Wildman–Crippen MR) is 108 cm³/mol. The van der Waals surface area contributed by atoms with E-state index in [1.54, 1.807) is 12.5 Å². The molecule has 0 spiro atoms. The first-order valence-electron chi connectivity index (χ1n) is 9.57. The molecule has 144 valence electrons. The number of para-hydroxylation sites is 1. The Balaban J connectivity index is 1.46. The van der Waals surface area contributed by atoms with Crippen molar-refractivity contribution in [2.24, 2.45) is 4.99 Å². The first-order valence-corrected chi connectivity index (χ1v) is 9.57. The van der Waals surface area contributed by atoms with Gasteiger partial charge in [0.05, 0.1) is 31.2 Å². The van der Waals surface area contributed by atoms with Gasteiger partial charge in [-0.25, -0.2) is 4.99 Å². The molecule has 0 saturated carbocycles. The van der Waals surface area contributed by atoms with Gasteiger partial charge in [0.25, 0.3) is 0 Å². The van der Waals surface area contributed by atoms with E-state index in [1.807, 2.05) is 48.5 Å². The molecule has 1 atom stereocenters. The Kier molecular flexibility index (Phi) is 5.87. The van der Waals surface area contributed by atoms with Crippen LogP contribution in [0.15, 0.2) is 76.5 Å². The molecule has 1 aliphatic rings. The number of ether oxygens (including phenoxy) is 1. The lowest BCUT2D eigenvalue weighted by molar-refractivity contribution is 0.261. The van der Waals surface area contributed by atoms with Crippen molar-refractivity contribution < 1.29 is 9.15 Å². The van der Waals surface area contributed by atoms with Crippen molar-refractivity contribution >= 4 is 5.96 Å². The quantitative estimate of drug-likeness (QED) is 0.509. The molecular weight excluding hydrogens is 352 g/mol. The Bertz CT molecular complexity index is 894. The molecule has 3 aromatic rings. The van der Waals surface area contributed by atoms with Crippen molar-refractivity contribution in [2.45, 2.75) is 25.4 Å². The van der Waals surface area contributed by atoms with Crippen LogP contribution < -0.4 is 15.4 Å². The van der Waals surface area contributed by atoms with Gasteiger partial charge in [-0.2, -0.15) is 0 Å². The zero-order valence-corrected chi connectivity index (χ0v) is 15.7. The van der Waals surface area contributed by atoms with E-state index in [4.69, 9.17) is 14.1 Å². The van der Waals surface area contributed by atoms with Crippen LogP contribution >= 0.6 is 0 Å². The molecule has 0 amide bonds. The van der Waals surface area contributed by atoms with E-state index in [2.05, 4.69) is 21.7 Å². The van der Waals surface area contributed by atoms with Gasteiger partial charge in [0, 0.05) is 31.1 Å². The van der Waals surface area contributed by atoms with Crippen molar-refractivity contribution in [1.82, 2.24) is 15.6 Å². The minimum atomic E-state index is 0.156. The number of rotatable bonds is 6. The van der Waals surface area contributed by atoms with Crippen LogP contribution in [-0.2, 0) is 13.0 Å². The Morgan fingerprint density at radius 1 is 1.11 bits per heavy atom. The maximum atomic E-state index is 5.77. The minimum absolute atomic E-state index is 0.156. The van der Waals surface area contributed by atoms with Gasteiger partial charge in [-0.05, 0) is 30.3 Å². The number of hydrogen-bond acceptors (Lipinski definition) is 4. The van der Waals surface area contributed by atoms with E-state index < -0.39 is 0 Å². The maximum Gasteiger partial charge on any atom is 0.192 e. The highest BCUT2D eigenvalue weighted by molar-refractivity contribution is 5.80. The number of guanidine groups is 1. The summed E-state index contributed by atoms with van der Waals surface area (Å²) < 4.78 is 11.2. The second kappa shape index (κ2) is 9.08. The van der Waals surface area contributed by atoms with Crippen molar-refractivity contribution in [3.63, 3.8) is 0 Å². The molecule has 4 rings (SSSR count). The summed E-state index contributed by atoms with van der Waals surface area (Å²) >= 11 is 0. The van der Waals surface area contributed by atoms with Gasteiger partial charge < -0.3 is 19.8 Å². The normalized spacial score (nSPS) is 16.1. The number of benzene rings is 1. The van der Waals surface area contributed by atoms with Crippen molar-refractivity contribution in [2.75, 3.05) is 13.2 Å². The highest BCUT2D eigenvalue weighted by Gasteiger charge is 2.21. The summed E-state index contributed by atoms with van der Waals surface area (Å²) in [6.07, 6.45) is 5.17. The average molecular weight is 376 g/mol. The van der Waals surface area contributed by atoms with Crippen LogP contribution in [0.2, 0.25) is 0 Å². The van der Waals surface area contributed by atoms with Crippen LogP contribution in [0.4, 0.5) is 0 Å². The highest BCUT2D eigenvalue weighted by Crippen LogP contribution is 2.31. The first-order chi connectivity index (χ1) is 13.9. The predicted octanol–water partition coefficient (Wildman–Crippen LogP) is 3.48. The number of nitrogens with zero attached hydrogens (tertiary/aromatic N) is 2. The molecule has 6 nitrogen and oxygen atoms in total. The summed E-state index contributed by atoms with van der Waals surface area (Å²) in [5.41, 5.74) is 2.09. The third-order valence-corrected chi connectivity index (χ3v) is 4.64. The Labute approximate surface area is 164 Å². The lowest BCUT2D eigenvalue weighted by atomic mass is 10.0. The number of hydrogen-bond donors (Lipinski definition) is 2. The standard InChI is InChI=1S/C22H24N4O2/c1-2-9-21-19(8-1)20(11-15-28-21)26-22(24-13-10-18-7-5-14-27-18)25-16-17-6-3-4-12-23-17/h1-9,12,14,20H,10-11,13,15-16H2,(H2,24,25,26). The van der Waals surface area contributed by atoms with Crippen LogP contribution in [0, 0.1) is 0 Å². The molecule has 0 bridgehead atoms. The largest absolute Gasteiger partial charge is 0.493 e. The lowest BCUT2D eigenvalue weighted by Gasteiger charge is -2.28. The number of aromatic nitrogens is 1. The lowest BCUT2D eigenvalue weighted by Crippen LogP contribution is -2.41. The van der Waals surface area contributed by atoms with Crippen LogP contribution in [0.5, 0.6) is 5.75 Å². The second-order valence-corrected chi connectivity index (χ2v) is 6.61. The molecule has 1 aliphatic heterocycles. The molecule has 1 aromatic carbocycles. The van der Waals surface area contributed by atoms with Crippen molar-refractivity contribution in [3.05, 3.63) is 84.1 Å². The van der Waals surface area contributed by atoms with E-state index >= 15 is 0 Å². The summed E-state index contributed by atoms with van der Waals surface area (Å²) in [6, 6.07) is 18.1. The number of fused-ring (bicyclic) bond motifs is 1. The van der Waals surface area contributed by atoms with Crippen LogP contribution in [0.3, 0.4) is 0 Å². The molecule has 6 heteroatoms. The SMILES string of the molecule is c1ccc(CN=C(NCCc2ccco2)NC2CCOc3ccccc32)nc1. The van der Waals surface area contributed by atoms with Gasteiger partial charge in [-0.3, -0.25) is 4.98 Å². The van der Waals surface area contributed by atoms with Crippen LogP contribution in [0.25, 0.3) is 0 Å². The minimum Gasteiger partial charge on any atom is -0.493 e. The number of furan rings is 1. The van der Waals surface area contributed by atoms with Gasteiger partial charge in [0.2, 0.25) is 0 Å². The van der Waals surface area contributed by atoms with Gasteiger partial charge in [0.1, 0.15) is 11.5 Å². The van der Waals surface area contributed by atoms with Crippen LogP contribution in [0.1, 0.15) is 29.5 Å². The third kappa shape index (κ3) is 4.71. The molecule has 0 aliphatic carbocycles. The second-order valence-electron chi connectivity index (χ2n) is 6.61. The number of pyridine rings is 1. The smallest absolute Gasteiger partial charge is 0.192 e. The topological polar surface area (TPSA) is 71.7 Å². The van der Waals surface area contributed by atoms with Crippen molar-refractivity contribution in [3.8, 4) is 5.75 Å². The summed E-state index contributed by atoms with van der Waals surface area (Å²) in [6.45, 7) is 1.93. The van der Waals surface area contributed by atoms with Gasteiger partial charge >= 0.3 is 0 Å². The molecule has 28 heavy (non-hydrogen) atoms. The van der Waals surface area contributed by atoms with E-state index in [9.17, 15) is 0 Å². The van der Waals surface area contributed by atoms with Crippen LogP contribution in [-0.4, -0.2) is 24.1 Å². The molecule has 2 N–H and O–H groups in total. The summed E-state index contributed by atoms with van der Waals surface area (Å²) in [7, 11) is 0. The average Bonchev–Trinajstić information content (AvgIpc) is 3.26. The summed E-state index contributed by atoms with van der Waals surface area (Å²) in [5.74, 6) is 2.65. The van der Waals surface area contributed by atoms with Crippen molar-refractivity contribution in [1.29, 1.82) is 0 Å². The van der Waals surface area contributed by atoms with Gasteiger partial charge in [-0.1, -0.05) is 24.3 Å². The number of aliphatic imine (C=N–C) groups is 1. The Hall–Kier alpha value is -3.28. The Morgan fingerprint density at radius 3 is 2.89 bits per heavy atom. The summed E-state index contributed by atoms with van der Waals surface area (Å²) in [5, 5.41) is 6.98. The monoisotopic (exact) mass is 376 g/mol. The zero-order valence-electron chi connectivity index (χ0n) is 15.7. The third-order valence-electron chi connectivity index (χ3n) is 4.64. The molecular formula is C22H24N4O2. The van der Waals surface area contributed by atoms with E-state index in [1.165, 1.54) is 0 Å². The van der Waals surface area contributed by atoms with E-state index in [0.717, 1.165) is 48.1 Å².